The lowest BCUT2D eigenvalue weighted by atomic mass is 10.2. The molecular weight excluding hydrogens is 462 g/mol. The molecule has 0 saturated carbocycles. The van der Waals surface area contributed by atoms with Crippen LogP contribution in [0, 0.1) is 5.21 Å². The number of hydrogen-bond acceptors (Lipinski definition) is 5. The predicted molar refractivity (Wildman–Crippen MR) is 113 cm³/mol. The number of nitrogens with zero attached hydrogens (tertiary/aromatic N) is 2. The average Bonchev–Trinajstić information content (AvgIpc) is 2.71. The Morgan fingerprint density at radius 2 is 1.86 bits per heavy atom. The van der Waals surface area contributed by atoms with E-state index in [1.165, 1.54) is 7.11 Å². The molecule has 3 rings (SSSR count). The van der Waals surface area contributed by atoms with Crippen LogP contribution < -0.4 is 10.1 Å². The van der Waals surface area contributed by atoms with E-state index >= 15 is 0 Å². The number of sulfone groups is 1. The van der Waals surface area contributed by atoms with Gasteiger partial charge >= 0.3 is 6.03 Å². The first kappa shape index (κ1) is 21.7. The third kappa shape index (κ3) is 5.55. The molecule has 1 heterocycles. The quantitative estimate of drug-likeness (QED) is 0.655. The number of amides is 2. The Morgan fingerprint density at radius 1 is 1.21 bits per heavy atom. The van der Waals surface area contributed by atoms with Crippen molar-refractivity contribution >= 4 is 43.2 Å². The maximum Gasteiger partial charge on any atom is 0.324 e. The highest BCUT2D eigenvalue weighted by Gasteiger charge is 2.29. The number of quaternary nitrogens is 1. The molecule has 0 aromatic heterocycles. The van der Waals surface area contributed by atoms with Gasteiger partial charge in [0.15, 0.2) is 15.5 Å². The molecule has 1 aliphatic heterocycles. The van der Waals surface area contributed by atoms with Crippen LogP contribution in [0.2, 0.25) is 0 Å². The molecule has 0 bridgehead atoms. The van der Waals surface area contributed by atoms with Gasteiger partial charge in [0.05, 0.1) is 25.2 Å². The fourth-order valence-electron chi connectivity index (χ4n) is 3.03. The smallest absolute Gasteiger partial charge is 0.324 e. The van der Waals surface area contributed by atoms with Crippen molar-refractivity contribution in [2.45, 2.75) is 6.54 Å². The second kappa shape index (κ2) is 9.23. The van der Waals surface area contributed by atoms with E-state index in [9.17, 15) is 18.4 Å². The molecule has 29 heavy (non-hydrogen) atoms. The normalized spacial score (nSPS) is 17.0. The van der Waals surface area contributed by atoms with Crippen LogP contribution in [-0.2, 0) is 21.2 Å². The highest BCUT2D eigenvalue weighted by molar-refractivity contribution is 9.10. The Morgan fingerprint density at radius 3 is 2.45 bits per heavy atom. The van der Waals surface area contributed by atoms with Crippen LogP contribution in [0.3, 0.4) is 0 Å². The van der Waals surface area contributed by atoms with Crippen molar-refractivity contribution in [2.24, 2.45) is 0 Å². The average molecular weight is 484 g/mol. The minimum absolute atomic E-state index is 0.0289. The third-order valence-electron chi connectivity index (χ3n) is 4.68. The lowest BCUT2D eigenvalue weighted by Gasteiger charge is -2.33. The zero-order valence-electron chi connectivity index (χ0n) is 15.9. The summed E-state index contributed by atoms with van der Waals surface area (Å²) in [6, 6.07) is 13.9. The number of carbonyl (C=O) groups is 1. The van der Waals surface area contributed by atoms with Gasteiger partial charge < -0.3 is 10.1 Å². The summed E-state index contributed by atoms with van der Waals surface area (Å²) >= 11 is 3.43. The summed E-state index contributed by atoms with van der Waals surface area (Å²) in [7, 11) is -1.76. The number of nitrogens with one attached hydrogen (secondary N) is 1. The Bertz CT molecular complexity index is 954. The topological polar surface area (TPSA) is 94.4 Å². The number of carbonyl (C=O) groups excluding carboxylic acids is 1. The monoisotopic (exact) mass is 483 g/mol. The lowest BCUT2D eigenvalue weighted by molar-refractivity contribution is -0.992. The van der Waals surface area contributed by atoms with Crippen LogP contribution in [-0.4, -0.2) is 51.1 Å². The largest absolute Gasteiger partial charge is 0.595 e. The van der Waals surface area contributed by atoms with Gasteiger partial charge in [-0.1, -0.05) is 34.1 Å². The van der Waals surface area contributed by atoms with Gasteiger partial charge in [0.25, 0.3) is 0 Å². The highest BCUT2D eigenvalue weighted by atomic mass is 79.9. The molecular formula is C19H22BrN3O5S. The van der Waals surface area contributed by atoms with Crippen molar-refractivity contribution in [1.82, 2.24) is 4.90 Å². The van der Waals surface area contributed by atoms with E-state index in [1.807, 2.05) is 24.3 Å². The molecule has 1 saturated heterocycles. The van der Waals surface area contributed by atoms with Gasteiger partial charge in [0, 0.05) is 35.4 Å². The summed E-state index contributed by atoms with van der Waals surface area (Å²) in [6.07, 6.45) is 0. The minimum atomic E-state index is -3.08. The molecule has 2 aromatic carbocycles. The molecule has 0 aliphatic carbocycles. The number of urea groups is 1. The Balaban J connectivity index is 1.84. The van der Waals surface area contributed by atoms with Crippen molar-refractivity contribution < 1.29 is 23.3 Å². The molecule has 1 N–H and O–H groups in total. The summed E-state index contributed by atoms with van der Waals surface area (Å²) in [4.78, 5) is 21.1. The maximum absolute atomic E-state index is 13.2. The van der Waals surface area contributed by atoms with Crippen LogP contribution in [0.1, 0.15) is 5.56 Å². The molecule has 1 aliphatic rings. The summed E-state index contributed by atoms with van der Waals surface area (Å²) in [5.41, 5.74) is 1.95. The van der Waals surface area contributed by atoms with Crippen molar-refractivity contribution in [3.05, 3.63) is 63.8 Å². The van der Waals surface area contributed by atoms with Gasteiger partial charge in [-0.15, -0.1) is 0 Å². The Kier molecular flexibility index (Phi) is 6.91. The number of halogens is 1. The second-order valence-corrected chi connectivity index (χ2v) is 9.90. The zero-order chi connectivity index (χ0) is 21.0. The van der Waals surface area contributed by atoms with Crippen molar-refractivity contribution in [2.75, 3.05) is 36.6 Å². The van der Waals surface area contributed by atoms with Crippen molar-refractivity contribution in [3.8, 4) is 0 Å². The number of anilines is 1. The van der Waals surface area contributed by atoms with Gasteiger partial charge in [-0.2, -0.15) is 5.23 Å². The van der Waals surface area contributed by atoms with E-state index in [0.717, 1.165) is 10.0 Å². The first-order valence-corrected chi connectivity index (χ1v) is 11.6. The van der Waals surface area contributed by atoms with E-state index < -0.39 is 15.1 Å². The van der Waals surface area contributed by atoms with Gasteiger partial charge in [0.2, 0.25) is 0 Å². The molecule has 10 heteroatoms. The first-order chi connectivity index (χ1) is 13.8. The van der Waals surface area contributed by atoms with E-state index in [1.54, 1.807) is 34.1 Å². The van der Waals surface area contributed by atoms with E-state index in [0.29, 0.717) is 11.4 Å². The fraction of sp³-hybridized carbons (Fsp3) is 0.316. The Hall–Kier alpha value is -1.98. The van der Waals surface area contributed by atoms with Crippen molar-refractivity contribution in [1.29, 1.82) is 0 Å². The molecule has 2 aromatic rings. The standard InChI is InChI=1S/C19H22BrN3O5S/c1-28-23(25)17-7-5-15(6-8-17)14-22(18-4-2-3-16(20)13-18)19(24)21-9-11-29(26,27)12-10-21/h2-8,13,23H,9-12,14H2,1H3. The number of hydrogen-bond donors (Lipinski definition) is 1. The lowest BCUT2D eigenvalue weighted by Crippen LogP contribution is -3.00. The minimum Gasteiger partial charge on any atom is -0.595 e. The first-order valence-electron chi connectivity index (χ1n) is 8.99. The molecule has 156 valence electrons. The van der Waals surface area contributed by atoms with E-state index in [2.05, 4.69) is 15.9 Å². The van der Waals surface area contributed by atoms with Gasteiger partial charge in [-0.3, -0.25) is 4.90 Å². The van der Waals surface area contributed by atoms with Crippen LogP contribution in [0.5, 0.6) is 0 Å². The summed E-state index contributed by atoms with van der Waals surface area (Å²) in [6.45, 7) is 0.625. The maximum atomic E-state index is 13.2. The molecule has 0 radical (unpaired) electrons. The summed E-state index contributed by atoms with van der Waals surface area (Å²) in [5, 5.41) is 11.2. The third-order valence-corrected chi connectivity index (χ3v) is 6.78. The van der Waals surface area contributed by atoms with E-state index in [-0.39, 0.29) is 37.2 Å². The molecule has 0 spiro atoms. The molecule has 2 amide bonds. The Labute approximate surface area is 178 Å². The fourth-order valence-corrected chi connectivity index (χ4v) is 4.62. The second-order valence-electron chi connectivity index (χ2n) is 6.68. The van der Waals surface area contributed by atoms with Gasteiger partial charge in [-0.25, -0.2) is 18.0 Å². The summed E-state index contributed by atoms with van der Waals surface area (Å²) in [5.74, 6) is -0.0578. The van der Waals surface area contributed by atoms with Crippen LogP contribution in [0.25, 0.3) is 0 Å². The highest BCUT2D eigenvalue weighted by Crippen LogP contribution is 2.24. The number of rotatable bonds is 5. The van der Waals surface area contributed by atoms with Crippen LogP contribution >= 0.6 is 15.9 Å². The van der Waals surface area contributed by atoms with Gasteiger partial charge in [0.1, 0.15) is 0 Å². The van der Waals surface area contributed by atoms with Gasteiger partial charge in [-0.05, 0) is 23.8 Å². The molecule has 1 atom stereocenters. The van der Waals surface area contributed by atoms with E-state index in [4.69, 9.17) is 4.84 Å². The number of benzene rings is 2. The molecule has 1 fully saturated rings. The van der Waals surface area contributed by atoms with Crippen LogP contribution in [0.15, 0.2) is 53.0 Å². The molecule has 1 unspecified atom stereocenters. The SMILES string of the molecule is CO[NH+]([O-])c1ccc(CN(C(=O)N2CCS(=O)(=O)CC2)c2cccc(Br)c2)cc1. The summed E-state index contributed by atoms with van der Waals surface area (Å²) < 4.78 is 24.2. The predicted octanol–water partition coefficient (Wildman–Crippen LogP) is 1.88. The van der Waals surface area contributed by atoms with Crippen LogP contribution in [0.4, 0.5) is 16.2 Å². The molecule has 8 nitrogen and oxygen atoms in total. The van der Waals surface area contributed by atoms with Crippen molar-refractivity contribution in [3.63, 3.8) is 0 Å². The zero-order valence-corrected chi connectivity index (χ0v) is 18.3.